The minimum Gasteiger partial charge on any atom is -0.506 e. The maximum absolute atomic E-state index is 11.2. The summed E-state index contributed by atoms with van der Waals surface area (Å²) in [6, 6.07) is 0. The Bertz CT molecular complexity index is 475. The smallest absolute Gasteiger partial charge is 0.309 e. The minimum absolute atomic E-state index is 0.0866. The number of carboxylic acids is 1. The minimum atomic E-state index is -0.859. The molecule has 4 heteroatoms. The van der Waals surface area contributed by atoms with E-state index in [0.29, 0.717) is 17.0 Å². The highest BCUT2D eigenvalue weighted by Gasteiger charge is 2.30. The lowest BCUT2D eigenvalue weighted by molar-refractivity contribution is -0.146. The Labute approximate surface area is 112 Å². The van der Waals surface area contributed by atoms with Gasteiger partial charge in [-0.05, 0) is 63.3 Å². The Hall–Kier alpha value is -1.22. The van der Waals surface area contributed by atoms with Crippen LogP contribution in [0.1, 0.15) is 36.1 Å². The fourth-order valence-electron chi connectivity index (χ4n) is 1.94. The summed E-state index contributed by atoms with van der Waals surface area (Å²) in [4.78, 5) is 11.2. The van der Waals surface area contributed by atoms with Crippen molar-refractivity contribution in [3.8, 4) is 5.75 Å². The van der Waals surface area contributed by atoms with Crippen molar-refractivity contribution in [3.05, 3.63) is 27.3 Å². The van der Waals surface area contributed by atoms with Gasteiger partial charge in [-0.1, -0.05) is 11.6 Å². The van der Waals surface area contributed by atoms with Crippen LogP contribution in [-0.2, 0) is 11.2 Å². The average molecular weight is 271 g/mol. The lowest BCUT2D eigenvalue weighted by atomic mass is 9.82. The molecule has 0 aliphatic carbocycles. The fourth-order valence-corrected chi connectivity index (χ4v) is 2.20. The Morgan fingerprint density at radius 2 is 1.67 bits per heavy atom. The standard InChI is InChI=1S/C14H19ClO3/c1-7-8(2)12(16)11(15)9(3)10(7)6-14(4,5)13(17)18/h16H,6H2,1-5H3,(H,17,18). The number of carboxylic acid groups (broad SMARTS) is 1. The van der Waals surface area contributed by atoms with Crippen LogP contribution in [-0.4, -0.2) is 16.2 Å². The largest absolute Gasteiger partial charge is 0.506 e. The topological polar surface area (TPSA) is 57.5 Å². The number of carbonyl (C=O) groups is 1. The molecule has 0 atom stereocenters. The molecule has 100 valence electrons. The van der Waals surface area contributed by atoms with Crippen LogP contribution < -0.4 is 0 Å². The van der Waals surface area contributed by atoms with Crippen molar-refractivity contribution < 1.29 is 15.0 Å². The molecular weight excluding hydrogens is 252 g/mol. The zero-order valence-corrected chi connectivity index (χ0v) is 12.1. The first-order valence-electron chi connectivity index (χ1n) is 5.80. The molecule has 1 rings (SSSR count). The number of benzene rings is 1. The van der Waals surface area contributed by atoms with E-state index in [4.69, 9.17) is 11.6 Å². The van der Waals surface area contributed by atoms with Crippen LogP contribution >= 0.6 is 11.6 Å². The number of halogens is 1. The van der Waals surface area contributed by atoms with Crippen LogP contribution in [0.4, 0.5) is 0 Å². The van der Waals surface area contributed by atoms with Crippen LogP contribution in [0.2, 0.25) is 5.02 Å². The van der Waals surface area contributed by atoms with Crippen LogP contribution in [0.25, 0.3) is 0 Å². The van der Waals surface area contributed by atoms with Crippen molar-refractivity contribution >= 4 is 17.6 Å². The Balaban J connectivity index is 3.39. The van der Waals surface area contributed by atoms with E-state index >= 15 is 0 Å². The SMILES string of the molecule is Cc1c(C)c(CC(C)(C)C(=O)O)c(C)c(Cl)c1O. The first-order valence-corrected chi connectivity index (χ1v) is 6.18. The van der Waals surface area contributed by atoms with Gasteiger partial charge >= 0.3 is 5.97 Å². The van der Waals surface area contributed by atoms with Gasteiger partial charge < -0.3 is 10.2 Å². The summed E-state index contributed by atoms with van der Waals surface area (Å²) in [5, 5.41) is 19.4. The van der Waals surface area contributed by atoms with Crippen LogP contribution in [0.5, 0.6) is 5.75 Å². The van der Waals surface area contributed by atoms with Gasteiger partial charge in [0.2, 0.25) is 0 Å². The highest BCUT2D eigenvalue weighted by Crippen LogP contribution is 2.38. The van der Waals surface area contributed by atoms with E-state index in [1.54, 1.807) is 20.8 Å². The van der Waals surface area contributed by atoms with Gasteiger partial charge in [0.05, 0.1) is 10.4 Å². The molecule has 0 bridgehead atoms. The van der Waals surface area contributed by atoms with E-state index in [0.717, 1.165) is 16.7 Å². The summed E-state index contributed by atoms with van der Waals surface area (Å²) < 4.78 is 0. The number of hydrogen-bond acceptors (Lipinski definition) is 2. The molecule has 1 aromatic carbocycles. The molecule has 0 fully saturated rings. The summed E-state index contributed by atoms with van der Waals surface area (Å²) in [5.41, 5.74) is 2.42. The third-order valence-electron chi connectivity index (χ3n) is 3.56. The van der Waals surface area contributed by atoms with Gasteiger partial charge in [-0.15, -0.1) is 0 Å². The summed E-state index contributed by atoms with van der Waals surface area (Å²) >= 11 is 6.07. The predicted octanol–water partition coefficient (Wildman–Crippen LogP) is 3.62. The first-order chi connectivity index (χ1) is 8.09. The molecule has 1 aromatic rings. The van der Waals surface area contributed by atoms with Crippen molar-refractivity contribution in [1.82, 2.24) is 0 Å². The summed E-state index contributed by atoms with van der Waals surface area (Å²) in [6.45, 7) is 8.84. The second kappa shape index (κ2) is 4.81. The zero-order valence-electron chi connectivity index (χ0n) is 11.4. The molecular formula is C14H19ClO3. The summed E-state index contributed by atoms with van der Waals surface area (Å²) in [7, 11) is 0. The average Bonchev–Trinajstić information content (AvgIpc) is 2.29. The lowest BCUT2D eigenvalue weighted by Gasteiger charge is -2.23. The van der Waals surface area contributed by atoms with E-state index in [1.165, 1.54) is 0 Å². The number of phenolic OH excluding ortho intramolecular Hbond substituents is 1. The number of aromatic hydroxyl groups is 1. The quantitative estimate of drug-likeness (QED) is 0.882. The van der Waals surface area contributed by atoms with Crippen LogP contribution in [0, 0.1) is 26.2 Å². The van der Waals surface area contributed by atoms with Gasteiger partial charge in [-0.3, -0.25) is 4.79 Å². The van der Waals surface area contributed by atoms with Gasteiger partial charge in [-0.25, -0.2) is 0 Å². The van der Waals surface area contributed by atoms with E-state index in [-0.39, 0.29) is 5.75 Å². The monoisotopic (exact) mass is 270 g/mol. The molecule has 3 nitrogen and oxygen atoms in total. The summed E-state index contributed by atoms with van der Waals surface area (Å²) in [6.07, 6.45) is 0.390. The molecule has 0 radical (unpaired) electrons. The summed E-state index contributed by atoms with van der Waals surface area (Å²) in [5.74, 6) is -0.758. The number of rotatable bonds is 3. The van der Waals surface area contributed by atoms with Crippen LogP contribution in [0.15, 0.2) is 0 Å². The molecule has 0 aliphatic heterocycles. The lowest BCUT2D eigenvalue weighted by Crippen LogP contribution is -2.27. The zero-order chi connectivity index (χ0) is 14.2. The van der Waals surface area contributed by atoms with E-state index in [1.807, 2.05) is 13.8 Å². The van der Waals surface area contributed by atoms with Gasteiger partial charge in [0.25, 0.3) is 0 Å². The van der Waals surface area contributed by atoms with E-state index in [2.05, 4.69) is 0 Å². The Morgan fingerprint density at radius 3 is 2.11 bits per heavy atom. The second-order valence-corrected chi connectivity index (χ2v) is 5.76. The molecule has 0 saturated carbocycles. The molecule has 0 heterocycles. The molecule has 0 amide bonds. The number of hydrogen-bond donors (Lipinski definition) is 2. The van der Waals surface area contributed by atoms with E-state index < -0.39 is 11.4 Å². The van der Waals surface area contributed by atoms with Crippen molar-refractivity contribution in [3.63, 3.8) is 0 Å². The second-order valence-electron chi connectivity index (χ2n) is 5.38. The molecule has 18 heavy (non-hydrogen) atoms. The normalized spacial score (nSPS) is 11.7. The van der Waals surface area contributed by atoms with Gasteiger partial charge in [-0.2, -0.15) is 0 Å². The third-order valence-corrected chi connectivity index (χ3v) is 4.02. The maximum atomic E-state index is 11.2. The molecule has 0 spiro atoms. The third kappa shape index (κ3) is 2.46. The van der Waals surface area contributed by atoms with Gasteiger partial charge in [0.1, 0.15) is 5.75 Å². The molecule has 0 unspecified atom stereocenters. The molecule has 0 aromatic heterocycles. The number of phenols is 1. The van der Waals surface area contributed by atoms with Crippen molar-refractivity contribution in [1.29, 1.82) is 0 Å². The van der Waals surface area contributed by atoms with Crippen molar-refractivity contribution in [2.75, 3.05) is 0 Å². The molecule has 2 N–H and O–H groups in total. The highest BCUT2D eigenvalue weighted by molar-refractivity contribution is 6.33. The van der Waals surface area contributed by atoms with Crippen LogP contribution in [0.3, 0.4) is 0 Å². The molecule has 0 aliphatic rings. The van der Waals surface area contributed by atoms with Gasteiger partial charge in [0.15, 0.2) is 0 Å². The van der Waals surface area contributed by atoms with Gasteiger partial charge in [0, 0.05) is 0 Å². The Kier molecular flexibility index (Phi) is 3.96. The highest BCUT2D eigenvalue weighted by atomic mass is 35.5. The Morgan fingerprint density at radius 1 is 1.17 bits per heavy atom. The van der Waals surface area contributed by atoms with Crippen molar-refractivity contribution in [2.45, 2.75) is 41.0 Å². The molecule has 0 saturated heterocycles. The fraction of sp³-hybridized carbons (Fsp3) is 0.500. The van der Waals surface area contributed by atoms with Crippen molar-refractivity contribution in [2.24, 2.45) is 5.41 Å². The predicted molar refractivity (Wildman–Crippen MR) is 72.4 cm³/mol. The maximum Gasteiger partial charge on any atom is 0.309 e. The van der Waals surface area contributed by atoms with E-state index in [9.17, 15) is 15.0 Å². The number of aliphatic carboxylic acids is 1. The first kappa shape index (κ1) is 14.8.